The standard InChI is InChI=1S/C16H21N3O3/c1-12-18-15(19-22-12)11-16(20)17-10-6-5-8-13-7-3-4-9-14(13)21-2/h3-4,7,9H,5-6,8,10-11H2,1-2H3,(H,17,20). The molecule has 0 spiro atoms. The van der Waals surface area contributed by atoms with Crippen molar-refractivity contribution < 1.29 is 14.1 Å². The Hall–Kier alpha value is -2.37. The molecule has 1 heterocycles. The van der Waals surface area contributed by atoms with E-state index in [1.807, 2.05) is 18.2 Å². The highest BCUT2D eigenvalue weighted by Crippen LogP contribution is 2.19. The molecule has 0 fully saturated rings. The van der Waals surface area contributed by atoms with Crippen LogP contribution in [0.5, 0.6) is 5.75 Å². The number of benzene rings is 1. The Bertz CT molecular complexity index is 610. The third-order valence-corrected chi connectivity index (χ3v) is 3.28. The summed E-state index contributed by atoms with van der Waals surface area (Å²) in [5, 5.41) is 6.56. The van der Waals surface area contributed by atoms with Crippen LogP contribution in [0.4, 0.5) is 0 Å². The fourth-order valence-electron chi connectivity index (χ4n) is 2.20. The molecule has 0 saturated carbocycles. The summed E-state index contributed by atoms with van der Waals surface area (Å²) in [5.74, 6) is 1.72. The highest BCUT2D eigenvalue weighted by atomic mass is 16.5. The van der Waals surface area contributed by atoms with Gasteiger partial charge in [-0.2, -0.15) is 4.98 Å². The van der Waals surface area contributed by atoms with Crippen LogP contribution in [0.25, 0.3) is 0 Å². The maximum Gasteiger partial charge on any atom is 0.227 e. The number of nitrogens with zero attached hydrogens (tertiary/aromatic N) is 2. The highest BCUT2D eigenvalue weighted by Gasteiger charge is 2.08. The lowest BCUT2D eigenvalue weighted by Crippen LogP contribution is -2.26. The van der Waals surface area contributed by atoms with Gasteiger partial charge in [0.05, 0.1) is 13.5 Å². The second-order valence-electron chi connectivity index (χ2n) is 5.03. The van der Waals surface area contributed by atoms with Crippen molar-refractivity contribution in [2.24, 2.45) is 0 Å². The Labute approximate surface area is 129 Å². The first-order valence-electron chi connectivity index (χ1n) is 7.37. The fraction of sp³-hybridized carbons (Fsp3) is 0.438. The van der Waals surface area contributed by atoms with E-state index < -0.39 is 0 Å². The first kappa shape index (κ1) is 16.0. The average Bonchev–Trinajstić information content (AvgIpc) is 2.92. The van der Waals surface area contributed by atoms with E-state index in [4.69, 9.17) is 9.26 Å². The van der Waals surface area contributed by atoms with E-state index in [1.54, 1.807) is 14.0 Å². The molecule has 0 radical (unpaired) electrons. The van der Waals surface area contributed by atoms with E-state index in [2.05, 4.69) is 21.5 Å². The predicted molar refractivity (Wildman–Crippen MR) is 81.7 cm³/mol. The lowest BCUT2D eigenvalue weighted by molar-refractivity contribution is -0.120. The minimum Gasteiger partial charge on any atom is -0.496 e. The van der Waals surface area contributed by atoms with Gasteiger partial charge in [0.1, 0.15) is 5.75 Å². The number of methoxy groups -OCH3 is 1. The van der Waals surface area contributed by atoms with Crippen molar-refractivity contribution in [2.45, 2.75) is 32.6 Å². The van der Waals surface area contributed by atoms with Gasteiger partial charge < -0.3 is 14.6 Å². The highest BCUT2D eigenvalue weighted by molar-refractivity contribution is 5.77. The summed E-state index contributed by atoms with van der Waals surface area (Å²) >= 11 is 0. The summed E-state index contributed by atoms with van der Waals surface area (Å²) in [6.45, 7) is 2.34. The Kier molecular flexibility index (Phi) is 5.94. The van der Waals surface area contributed by atoms with E-state index in [0.717, 1.165) is 25.0 Å². The molecule has 0 unspecified atom stereocenters. The first-order chi connectivity index (χ1) is 10.7. The number of ether oxygens (including phenoxy) is 1. The Morgan fingerprint density at radius 2 is 2.14 bits per heavy atom. The summed E-state index contributed by atoms with van der Waals surface area (Å²) < 4.78 is 10.1. The second-order valence-corrected chi connectivity index (χ2v) is 5.03. The van der Waals surface area contributed by atoms with Crippen LogP contribution >= 0.6 is 0 Å². The molecule has 1 N–H and O–H groups in total. The van der Waals surface area contributed by atoms with Gasteiger partial charge in [0.2, 0.25) is 11.8 Å². The van der Waals surface area contributed by atoms with Crippen LogP contribution in [-0.2, 0) is 17.6 Å². The summed E-state index contributed by atoms with van der Waals surface area (Å²) in [4.78, 5) is 15.7. The monoisotopic (exact) mass is 303 g/mol. The molecule has 1 aromatic heterocycles. The molecule has 0 aliphatic carbocycles. The third-order valence-electron chi connectivity index (χ3n) is 3.28. The number of nitrogens with one attached hydrogen (secondary N) is 1. The van der Waals surface area contributed by atoms with Crippen LogP contribution in [-0.4, -0.2) is 29.7 Å². The molecule has 6 heteroatoms. The fourth-order valence-corrected chi connectivity index (χ4v) is 2.20. The van der Waals surface area contributed by atoms with Crippen molar-refractivity contribution in [2.75, 3.05) is 13.7 Å². The Morgan fingerprint density at radius 3 is 2.86 bits per heavy atom. The van der Waals surface area contributed by atoms with Crippen LogP contribution in [0.15, 0.2) is 28.8 Å². The van der Waals surface area contributed by atoms with Gasteiger partial charge in [-0.15, -0.1) is 0 Å². The summed E-state index contributed by atoms with van der Waals surface area (Å²) in [6, 6.07) is 7.99. The molecule has 2 rings (SSSR count). The van der Waals surface area contributed by atoms with E-state index in [1.165, 1.54) is 5.56 Å². The van der Waals surface area contributed by atoms with E-state index in [-0.39, 0.29) is 12.3 Å². The van der Waals surface area contributed by atoms with E-state index >= 15 is 0 Å². The number of amides is 1. The van der Waals surface area contributed by atoms with Crippen LogP contribution in [0.3, 0.4) is 0 Å². The zero-order valence-electron chi connectivity index (χ0n) is 13.0. The molecule has 118 valence electrons. The number of hydrogen-bond acceptors (Lipinski definition) is 5. The van der Waals surface area contributed by atoms with Crippen LogP contribution in [0.1, 0.15) is 30.1 Å². The van der Waals surface area contributed by atoms with Crippen LogP contribution in [0.2, 0.25) is 0 Å². The number of hydrogen-bond donors (Lipinski definition) is 1. The number of carbonyl (C=O) groups excluding carboxylic acids is 1. The number of para-hydroxylation sites is 1. The molecule has 2 aromatic rings. The molecular weight excluding hydrogens is 282 g/mol. The third kappa shape index (κ3) is 4.87. The minimum absolute atomic E-state index is 0.0851. The molecule has 0 bridgehead atoms. The van der Waals surface area contributed by atoms with Crippen molar-refractivity contribution in [1.82, 2.24) is 15.5 Å². The van der Waals surface area contributed by atoms with Gasteiger partial charge in [0.15, 0.2) is 5.82 Å². The van der Waals surface area contributed by atoms with Gasteiger partial charge in [-0.3, -0.25) is 4.79 Å². The Morgan fingerprint density at radius 1 is 1.32 bits per heavy atom. The smallest absolute Gasteiger partial charge is 0.227 e. The van der Waals surface area contributed by atoms with Gasteiger partial charge in [-0.05, 0) is 30.9 Å². The molecular formula is C16H21N3O3. The molecule has 6 nitrogen and oxygen atoms in total. The number of aryl methyl sites for hydroxylation is 2. The van der Waals surface area contributed by atoms with Crippen molar-refractivity contribution in [3.05, 3.63) is 41.5 Å². The summed E-state index contributed by atoms with van der Waals surface area (Å²) in [6.07, 6.45) is 2.99. The molecule has 0 saturated heterocycles. The predicted octanol–water partition coefficient (Wildman–Crippen LogP) is 2.07. The zero-order chi connectivity index (χ0) is 15.8. The molecule has 0 aliphatic rings. The molecule has 0 atom stereocenters. The molecule has 0 aliphatic heterocycles. The van der Waals surface area contributed by atoms with Crippen LogP contribution < -0.4 is 10.1 Å². The number of rotatable bonds is 8. The summed E-state index contributed by atoms with van der Waals surface area (Å²) in [5.41, 5.74) is 1.19. The van der Waals surface area contributed by atoms with Crippen molar-refractivity contribution >= 4 is 5.91 Å². The van der Waals surface area contributed by atoms with Gasteiger partial charge >= 0.3 is 0 Å². The minimum atomic E-state index is -0.0851. The first-order valence-corrected chi connectivity index (χ1v) is 7.37. The molecule has 1 amide bonds. The number of aromatic nitrogens is 2. The zero-order valence-corrected chi connectivity index (χ0v) is 13.0. The molecule has 1 aromatic carbocycles. The number of unbranched alkanes of at least 4 members (excludes halogenated alkanes) is 1. The van der Waals surface area contributed by atoms with Crippen molar-refractivity contribution in [1.29, 1.82) is 0 Å². The molecule has 22 heavy (non-hydrogen) atoms. The van der Waals surface area contributed by atoms with E-state index in [0.29, 0.717) is 18.3 Å². The van der Waals surface area contributed by atoms with Gasteiger partial charge in [-0.25, -0.2) is 0 Å². The summed E-state index contributed by atoms with van der Waals surface area (Å²) in [7, 11) is 1.68. The van der Waals surface area contributed by atoms with Crippen molar-refractivity contribution in [3.8, 4) is 5.75 Å². The Balaban J connectivity index is 1.64. The largest absolute Gasteiger partial charge is 0.496 e. The quantitative estimate of drug-likeness (QED) is 0.755. The van der Waals surface area contributed by atoms with Gasteiger partial charge in [-0.1, -0.05) is 23.4 Å². The van der Waals surface area contributed by atoms with Crippen LogP contribution in [0, 0.1) is 6.92 Å². The lowest BCUT2D eigenvalue weighted by atomic mass is 10.1. The maximum absolute atomic E-state index is 11.7. The second kappa shape index (κ2) is 8.17. The van der Waals surface area contributed by atoms with E-state index in [9.17, 15) is 4.79 Å². The maximum atomic E-state index is 11.7. The average molecular weight is 303 g/mol. The van der Waals surface area contributed by atoms with Gasteiger partial charge in [0.25, 0.3) is 0 Å². The topological polar surface area (TPSA) is 77.2 Å². The SMILES string of the molecule is COc1ccccc1CCCCNC(=O)Cc1noc(C)n1. The van der Waals surface area contributed by atoms with Gasteiger partial charge in [0, 0.05) is 13.5 Å². The van der Waals surface area contributed by atoms with Crippen molar-refractivity contribution in [3.63, 3.8) is 0 Å². The number of carbonyl (C=O) groups is 1. The lowest BCUT2D eigenvalue weighted by Gasteiger charge is -2.08. The normalized spacial score (nSPS) is 10.5.